The third-order valence-electron chi connectivity index (χ3n) is 2.60. The lowest BCUT2D eigenvalue weighted by atomic mass is 10.2. The summed E-state index contributed by atoms with van der Waals surface area (Å²) in [6, 6.07) is 1.96. The van der Waals surface area contributed by atoms with Gasteiger partial charge in [0.15, 0.2) is 0 Å². The van der Waals surface area contributed by atoms with Crippen LogP contribution in [0.1, 0.15) is 25.0 Å². The summed E-state index contributed by atoms with van der Waals surface area (Å²) < 4.78 is 0. The lowest BCUT2D eigenvalue weighted by molar-refractivity contribution is 0.593. The third-order valence-corrected chi connectivity index (χ3v) is 3.99. The minimum absolute atomic E-state index is 0.806. The molecule has 2 heterocycles. The van der Waals surface area contributed by atoms with Crippen molar-refractivity contribution in [1.82, 2.24) is 15.3 Å². The normalized spacial score (nSPS) is 21.5. The average molecular weight is 223 g/mol. The van der Waals surface area contributed by atoms with Crippen LogP contribution in [0.3, 0.4) is 0 Å². The summed E-state index contributed by atoms with van der Waals surface area (Å²) in [6.45, 7) is 1.97. The molecule has 1 aromatic heterocycles. The van der Waals surface area contributed by atoms with Crippen LogP contribution in [-0.4, -0.2) is 27.5 Å². The molecule has 1 saturated heterocycles. The fraction of sp³-hybridized carbons (Fsp3) is 0.636. The van der Waals surface area contributed by atoms with Gasteiger partial charge in [0.25, 0.3) is 0 Å². The van der Waals surface area contributed by atoms with Crippen molar-refractivity contribution >= 4 is 11.8 Å². The molecule has 1 aliphatic rings. The van der Waals surface area contributed by atoms with E-state index in [1.165, 1.54) is 25.0 Å². The lowest BCUT2D eigenvalue weighted by Gasteiger charge is -2.21. The summed E-state index contributed by atoms with van der Waals surface area (Å²) in [5.74, 6) is 1.33. The zero-order valence-corrected chi connectivity index (χ0v) is 9.67. The summed E-state index contributed by atoms with van der Waals surface area (Å²) >= 11 is 2.10. The van der Waals surface area contributed by atoms with Crippen molar-refractivity contribution in [3.63, 3.8) is 0 Å². The molecule has 2 rings (SSSR count). The van der Waals surface area contributed by atoms with Gasteiger partial charge in [0.1, 0.15) is 6.33 Å². The molecule has 0 amide bonds. The van der Waals surface area contributed by atoms with Crippen molar-refractivity contribution in [3.8, 4) is 0 Å². The topological polar surface area (TPSA) is 37.8 Å². The molecular formula is C11H17N3S. The number of nitrogens with zero attached hydrogens (tertiary/aromatic N) is 2. The second-order valence-electron chi connectivity index (χ2n) is 3.82. The molecule has 0 radical (unpaired) electrons. The molecule has 0 aromatic carbocycles. The van der Waals surface area contributed by atoms with Crippen LogP contribution in [0.2, 0.25) is 0 Å². The molecule has 1 N–H and O–H groups in total. The number of hydrogen-bond acceptors (Lipinski definition) is 4. The number of thioether (sulfide) groups is 1. The van der Waals surface area contributed by atoms with Gasteiger partial charge in [-0.3, -0.25) is 0 Å². The average Bonchev–Trinajstić information content (AvgIpc) is 2.32. The molecule has 1 atom stereocenters. The van der Waals surface area contributed by atoms with E-state index in [9.17, 15) is 0 Å². The van der Waals surface area contributed by atoms with Gasteiger partial charge in [0.2, 0.25) is 0 Å². The Bertz CT molecular complexity index is 272. The van der Waals surface area contributed by atoms with Crippen LogP contribution in [-0.2, 0) is 6.54 Å². The quantitative estimate of drug-likeness (QED) is 0.845. The molecule has 0 bridgehead atoms. The van der Waals surface area contributed by atoms with E-state index < -0.39 is 0 Å². The van der Waals surface area contributed by atoms with Gasteiger partial charge in [-0.25, -0.2) is 9.97 Å². The second kappa shape index (κ2) is 6.08. The van der Waals surface area contributed by atoms with E-state index in [0.717, 1.165) is 24.0 Å². The van der Waals surface area contributed by atoms with E-state index in [2.05, 4.69) is 27.0 Å². The van der Waals surface area contributed by atoms with Gasteiger partial charge in [-0.2, -0.15) is 11.8 Å². The Morgan fingerprint density at radius 1 is 1.47 bits per heavy atom. The van der Waals surface area contributed by atoms with Crippen LogP contribution in [0.5, 0.6) is 0 Å². The molecule has 1 aliphatic heterocycles. The van der Waals surface area contributed by atoms with E-state index in [4.69, 9.17) is 0 Å². The molecule has 15 heavy (non-hydrogen) atoms. The summed E-state index contributed by atoms with van der Waals surface area (Å²) in [5.41, 5.74) is 1.07. The molecule has 1 aromatic rings. The Hall–Kier alpha value is -0.610. The van der Waals surface area contributed by atoms with Gasteiger partial charge < -0.3 is 5.32 Å². The van der Waals surface area contributed by atoms with Crippen molar-refractivity contribution in [2.24, 2.45) is 0 Å². The van der Waals surface area contributed by atoms with E-state index in [-0.39, 0.29) is 0 Å². The molecule has 0 saturated carbocycles. The predicted octanol–water partition coefficient (Wildman–Crippen LogP) is 1.85. The maximum atomic E-state index is 4.18. The highest BCUT2D eigenvalue weighted by atomic mass is 32.2. The molecule has 4 heteroatoms. The molecule has 1 fully saturated rings. The van der Waals surface area contributed by atoms with E-state index >= 15 is 0 Å². The summed E-state index contributed by atoms with van der Waals surface area (Å²) in [6.07, 6.45) is 7.55. The maximum Gasteiger partial charge on any atom is 0.115 e. The number of nitrogens with one attached hydrogen (secondary N) is 1. The molecular weight excluding hydrogens is 206 g/mol. The SMILES string of the molecule is c1cc(CNCC2CCCCS2)ncn1. The second-order valence-corrected chi connectivity index (χ2v) is 5.23. The zero-order valence-electron chi connectivity index (χ0n) is 8.85. The number of rotatable bonds is 4. The Morgan fingerprint density at radius 2 is 2.47 bits per heavy atom. The van der Waals surface area contributed by atoms with Crippen LogP contribution in [0.15, 0.2) is 18.6 Å². The molecule has 1 unspecified atom stereocenters. The highest BCUT2D eigenvalue weighted by Crippen LogP contribution is 2.24. The van der Waals surface area contributed by atoms with Gasteiger partial charge in [-0.05, 0) is 24.7 Å². The molecule has 0 spiro atoms. The van der Waals surface area contributed by atoms with Gasteiger partial charge in [-0.1, -0.05) is 6.42 Å². The highest BCUT2D eigenvalue weighted by Gasteiger charge is 2.12. The largest absolute Gasteiger partial charge is 0.310 e. The van der Waals surface area contributed by atoms with Crippen LogP contribution in [0.4, 0.5) is 0 Å². The Kier molecular flexibility index (Phi) is 4.41. The van der Waals surface area contributed by atoms with Crippen molar-refractivity contribution in [2.45, 2.75) is 31.1 Å². The first kappa shape index (κ1) is 10.9. The highest BCUT2D eigenvalue weighted by molar-refractivity contribution is 7.99. The first-order chi connectivity index (χ1) is 7.45. The van der Waals surface area contributed by atoms with Crippen molar-refractivity contribution in [3.05, 3.63) is 24.3 Å². The zero-order chi connectivity index (χ0) is 10.3. The van der Waals surface area contributed by atoms with E-state index in [0.29, 0.717) is 0 Å². The van der Waals surface area contributed by atoms with E-state index in [1.807, 2.05) is 6.07 Å². The Balaban J connectivity index is 1.66. The lowest BCUT2D eigenvalue weighted by Crippen LogP contribution is -2.26. The number of hydrogen-bond donors (Lipinski definition) is 1. The summed E-state index contributed by atoms with van der Waals surface area (Å²) in [5, 5.41) is 4.27. The van der Waals surface area contributed by atoms with Crippen molar-refractivity contribution in [2.75, 3.05) is 12.3 Å². The monoisotopic (exact) mass is 223 g/mol. The molecule has 3 nitrogen and oxygen atoms in total. The van der Waals surface area contributed by atoms with Crippen LogP contribution in [0, 0.1) is 0 Å². The first-order valence-electron chi connectivity index (χ1n) is 5.52. The fourth-order valence-electron chi connectivity index (χ4n) is 1.75. The standard InChI is InChI=1S/C11H17N3S/c1-2-6-15-11(3-1)8-13-7-10-4-5-12-9-14-10/h4-5,9,11,13H,1-3,6-8H2. The Labute approximate surface area is 95.1 Å². The summed E-state index contributed by atoms with van der Waals surface area (Å²) in [4.78, 5) is 8.08. The van der Waals surface area contributed by atoms with Gasteiger partial charge >= 0.3 is 0 Å². The minimum atomic E-state index is 0.806. The van der Waals surface area contributed by atoms with E-state index in [1.54, 1.807) is 12.5 Å². The van der Waals surface area contributed by atoms with Crippen LogP contribution < -0.4 is 5.32 Å². The van der Waals surface area contributed by atoms with Gasteiger partial charge in [-0.15, -0.1) is 0 Å². The molecule has 82 valence electrons. The molecule has 0 aliphatic carbocycles. The van der Waals surface area contributed by atoms with Gasteiger partial charge in [0, 0.05) is 24.5 Å². The first-order valence-corrected chi connectivity index (χ1v) is 6.57. The summed E-state index contributed by atoms with van der Waals surface area (Å²) in [7, 11) is 0. The van der Waals surface area contributed by atoms with Crippen LogP contribution in [0.25, 0.3) is 0 Å². The van der Waals surface area contributed by atoms with Crippen LogP contribution >= 0.6 is 11.8 Å². The van der Waals surface area contributed by atoms with Gasteiger partial charge in [0.05, 0.1) is 5.69 Å². The third kappa shape index (κ3) is 3.80. The fourth-order valence-corrected chi connectivity index (χ4v) is 3.03. The predicted molar refractivity (Wildman–Crippen MR) is 63.8 cm³/mol. The minimum Gasteiger partial charge on any atom is -0.310 e. The Morgan fingerprint density at radius 3 is 3.20 bits per heavy atom. The van der Waals surface area contributed by atoms with Crippen molar-refractivity contribution < 1.29 is 0 Å². The maximum absolute atomic E-state index is 4.18. The van der Waals surface area contributed by atoms with Crippen molar-refractivity contribution in [1.29, 1.82) is 0 Å². The number of aromatic nitrogens is 2. The smallest absolute Gasteiger partial charge is 0.115 e.